The number of rotatable bonds is 6. The lowest BCUT2D eigenvalue weighted by atomic mass is 10.1. The predicted octanol–water partition coefficient (Wildman–Crippen LogP) is 2.28. The van der Waals surface area contributed by atoms with E-state index in [2.05, 4.69) is 10.6 Å². The number of aromatic hydroxyl groups is 1. The summed E-state index contributed by atoms with van der Waals surface area (Å²) in [7, 11) is 0. The Morgan fingerprint density at radius 2 is 2.11 bits per heavy atom. The van der Waals surface area contributed by atoms with E-state index in [9.17, 15) is 9.90 Å². The molecule has 0 atom stereocenters. The molecule has 4 nitrogen and oxygen atoms in total. The van der Waals surface area contributed by atoms with Gasteiger partial charge < -0.3 is 15.7 Å². The lowest BCUT2D eigenvalue weighted by molar-refractivity contribution is -0.116. The molecule has 0 saturated heterocycles. The molecule has 0 heterocycles. The van der Waals surface area contributed by atoms with E-state index < -0.39 is 0 Å². The quantitative estimate of drug-likeness (QED) is 0.679. The monoisotopic (exact) mass is 250 g/mol. The lowest BCUT2D eigenvalue weighted by Gasteiger charge is -2.10. The van der Waals surface area contributed by atoms with E-state index in [1.165, 1.54) is 0 Å². The van der Waals surface area contributed by atoms with Crippen LogP contribution in [0.1, 0.15) is 32.8 Å². The SMILES string of the molecule is CCc1ccc(O)c(NC(=O)CCNC(C)C)c1. The summed E-state index contributed by atoms with van der Waals surface area (Å²) in [6.45, 7) is 6.74. The zero-order chi connectivity index (χ0) is 13.5. The van der Waals surface area contributed by atoms with Gasteiger partial charge in [-0.2, -0.15) is 0 Å². The van der Waals surface area contributed by atoms with E-state index in [-0.39, 0.29) is 11.7 Å². The molecule has 3 N–H and O–H groups in total. The van der Waals surface area contributed by atoms with Gasteiger partial charge in [-0.25, -0.2) is 0 Å². The van der Waals surface area contributed by atoms with Crippen LogP contribution in [-0.4, -0.2) is 23.6 Å². The number of benzene rings is 1. The molecule has 0 fully saturated rings. The smallest absolute Gasteiger partial charge is 0.225 e. The first kappa shape index (κ1) is 14.5. The lowest BCUT2D eigenvalue weighted by Crippen LogP contribution is -2.27. The number of phenols is 1. The fraction of sp³-hybridized carbons (Fsp3) is 0.500. The van der Waals surface area contributed by atoms with Crippen LogP contribution in [0.3, 0.4) is 0 Å². The van der Waals surface area contributed by atoms with Crippen molar-refractivity contribution in [1.82, 2.24) is 5.32 Å². The van der Waals surface area contributed by atoms with Crippen LogP contribution >= 0.6 is 0 Å². The third kappa shape index (κ3) is 4.75. The summed E-state index contributed by atoms with van der Waals surface area (Å²) in [5.41, 5.74) is 1.58. The number of aryl methyl sites for hydroxylation is 1. The van der Waals surface area contributed by atoms with Gasteiger partial charge in [-0.3, -0.25) is 4.79 Å². The van der Waals surface area contributed by atoms with Crippen LogP contribution in [0.2, 0.25) is 0 Å². The van der Waals surface area contributed by atoms with Crippen LogP contribution < -0.4 is 10.6 Å². The molecule has 1 aromatic carbocycles. The highest BCUT2D eigenvalue weighted by Crippen LogP contribution is 2.24. The van der Waals surface area contributed by atoms with Crippen molar-refractivity contribution in [1.29, 1.82) is 0 Å². The molecule has 4 heteroatoms. The zero-order valence-electron chi connectivity index (χ0n) is 11.3. The minimum atomic E-state index is -0.0910. The van der Waals surface area contributed by atoms with E-state index >= 15 is 0 Å². The van der Waals surface area contributed by atoms with Crippen molar-refractivity contribution in [3.8, 4) is 5.75 Å². The first-order valence-corrected chi connectivity index (χ1v) is 6.38. The van der Waals surface area contributed by atoms with E-state index in [4.69, 9.17) is 0 Å². The normalized spacial score (nSPS) is 10.7. The third-order valence-electron chi connectivity index (χ3n) is 2.65. The Balaban J connectivity index is 2.53. The van der Waals surface area contributed by atoms with Gasteiger partial charge in [-0.1, -0.05) is 26.8 Å². The predicted molar refractivity (Wildman–Crippen MR) is 73.9 cm³/mol. The second-order valence-electron chi connectivity index (χ2n) is 4.61. The summed E-state index contributed by atoms with van der Waals surface area (Å²) >= 11 is 0. The van der Waals surface area contributed by atoms with Crippen LogP contribution in [0.15, 0.2) is 18.2 Å². The van der Waals surface area contributed by atoms with Crippen LogP contribution in [0.4, 0.5) is 5.69 Å². The molecule has 0 aliphatic carbocycles. The summed E-state index contributed by atoms with van der Waals surface area (Å²) in [4.78, 5) is 11.7. The first-order valence-electron chi connectivity index (χ1n) is 6.38. The maximum atomic E-state index is 11.7. The molecule has 0 spiro atoms. The molecular formula is C14H22N2O2. The Hall–Kier alpha value is -1.55. The Labute approximate surface area is 108 Å². The maximum Gasteiger partial charge on any atom is 0.225 e. The number of nitrogens with one attached hydrogen (secondary N) is 2. The number of carbonyl (C=O) groups excluding carboxylic acids is 1. The van der Waals surface area contributed by atoms with Crippen molar-refractivity contribution in [3.63, 3.8) is 0 Å². The molecule has 0 aliphatic heterocycles. The number of hydrogen-bond donors (Lipinski definition) is 3. The van der Waals surface area contributed by atoms with Gasteiger partial charge in [0.15, 0.2) is 0 Å². The molecule has 0 aromatic heterocycles. The average molecular weight is 250 g/mol. The van der Waals surface area contributed by atoms with Crippen molar-refractivity contribution in [2.24, 2.45) is 0 Å². The second kappa shape index (κ2) is 7.01. The van der Waals surface area contributed by atoms with Gasteiger partial charge in [-0.15, -0.1) is 0 Å². The van der Waals surface area contributed by atoms with Crippen LogP contribution in [0.5, 0.6) is 5.75 Å². The summed E-state index contributed by atoms with van der Waals surface area (Å²) in [6, 6.07) is 5.64. The standard InChI is InChI=1S/C14H22N2O2/c1-4-11-5-6-13(17)12(9-11)16-14(18)7-8-15-10(2)3/h5-6,9-10,15,17H,4,7-8H2,1-3H3,(H,16,18). The molecule has 100 valence electrons. The Morgan fingerprint density at radius 3 is 2.72 bits per heavy atom. The average Bonchev–Trinajstić information content (AvgIpc) is 2.31. The molecular weight excluding hydrogens is 228 g/mol. The summed E-state index contributed by atoms with van der Waals surface area (Å²) in [5.74, 6) is 0.0177. The first-order chi connectivity index (χ1) is 8.52. The van der Waals surface area contributed by atoms with E-state index in [0.29, 0.717) is 24.7 Å². The molecule has 1 aromatic rings. The molecule has 0 radical (unpaired) electrons. The van der Waals surface area contributed by atoms with Gasteiger partial charge in [0.05, 0.1) is 5.69 Å². The van der Waals surface area contributed by atoms with Gasteiger partial charge in [-0.05, 0) is 24.1 Å². The number of carbonyl (C=O) groups is 1. The Kier molecular flexibility index (Phi) is 5.65. The zero-order valence-corrected chi connectivity index (χ0v) is 11.3. The fourth-order valence-electron chi connectivity index (χ4n) is 1.59. The number of anilines is 1. The van der Waals surface area contributed by atoms with Gasteiger partial charge in [0.1, 0.15) is 5.75 Å². The third-order valence-corrected chi connectivity index (χ3v) is 2.65. The molecule has 1 rings (SSSR count). The Bertz CT molecular complexity index is 403. The highest BCUT2D eigenvalue weighted by Gasteiger charge is 2.07. The van der Waals surface area contributed by atoms with Crippen molar-refractivity contribution >= 4 is 11.6 Å². The van der Waals surface area contributed by atoms with Gasteiger partial charge in [0.25, 0.3) is 0 Å². The van der Waals surface area contributed by atoms with E-state index in [1.807, 2.05) is 32.9 Å². The highest BCUT2D eigenvalue weighted by atomic mass is 16.3. The second-order valence-corrected chi connectivity index (χ2v) is 4.61. The fourth-order valence-corrected chi connectivity index (χ4v) is 1.59. The number of hydrogen-bond acceptors (Lipinski definition) is 3. The Morgan fingerprint density at radius 1 is 1.39 bits per heavy atom. The van der Waals surface area contributed by atoms with Gasteiger partial charge in [0, 0.05) is 19.0 Å². The molecule has 0 saturated carbocycles. The van der Waals surface area contributed by atoms with Crippen molar-refractivity contribution in [2.45, 2.75) is 39.7 Å². The van der Waals surface area contributed by atoms with Crippen molar-refractivity contribution in [2.75, 3.05) is 11.9 Å². The van der Waals surface area contributed by atoms with Crippen molar-refractivity contribution in [3.05, 3.63) is 23.8 Å². The number of amides is 1. The summed E-state index contributed by atoms with van der Waals surface area (Å²) < 4.78 is 0. The molecule has 18 heavy (non-hydrogen) atoms. The van der Waals surface area contributed by atoms with Crippen LogP contribution in [0.25, 0.3) is 0 Å². The minimum Gasteiger partial charge on any atom is -0.506 e. The topological polar surface area (TPSA) is 61.4 Å². The minimum absolute atomic E-state index is 0.0910. The highest BCUT2D eigenvalue weighted by molar-refractivity contribution is 5.92. The maximum absolute atomic E-state index is 11.7. The largest absolute Gasteiger partial charge is 0.506 e. The van der Waals surface area contributed by atoms with E-state index in [1.54, 1.807) is 6.07 Å². The molecule has 0 unspecified atom stereocenters. The van der Waals surface area contributed by atoms with Gasteiger partial charge in [0.2, 0.25) is 5.91 Å². The van der Waals surface area contributed by atoms with Crippen LogP contribution in [-0.2, 0) is 11.2 Å². The molecule has 0 aliphatic rings. The summed E-state index contributed by atoms with van der Waals surface area (Å²) in [6.07, 6.45) is 1.27. The van der Waals surface area contributed by atoms with Crippen molar-refractivity contribution < 1.29 is 9.90 Å². The molecule has 1 amide bonds. The number of phenolic OH excluding ortho intramolecular Hbond substituents is 1. The van der Waals surface area contributed by atoms with E-state index in [0.717, 1.165) is 12.0 Å². The van der Waals surface area contributed by atoms with Gasteiger partial charge >= 0.3 is 0 Å². The molecule has 0 bridgehead atoms. The van der Waals surface area contributed by atoms with Crippen LogP contribution in [0, 0.1) is 0 Å². The summed E-state index contributed by atoms with van der Waals surface area (Å²) in [5, 5.41) is 15.6.